The largest absolute Gasteiger partial charge is 0.344 e. The normalized spacial score (nSPS) is 22.4. The van der Waals surface area contributed by atoms with Gasteiger partial charge < -0.3 is 16.0 Å². The van der Waals surface area contributed by atoms with Gasteiger partial charge in [-0.05, 0) is 43.4 Å². The van der Waals surface area contributed by atoms with Gasteiger partial charge in [0.1, 0.15) is 6.04 Å². The number of hydrogen-bond acceptors (Lipinski definition) is 3. The molecule has 6 heteroatoms. The molecule has 138 valence electrons. The summed E-state index contributed by atoms with van der Waals surface area (Å²) >= 11 is 0. The van der Waals surface area contributed by atoms with Crippen LogP contribution in [0.15, 0.2) is 30.3 Å². The zero-order valence-corrected chi connectivity index (χ0v) is 15.4. The van der Waals surface area contributed by atoms with Crippen molar-refractivity contribution < 1.29 is 9.59 Å². The molecule has 0 aromatic heterocycles. The third kappa shape index (κ3) is 4.53. The lowest BCUT2D eigenvalue weighted by atomic mass is 9.71. The van der Waals surface area contributed by atoms with Crippen molar-refractivity contribution >= 4 is 29.9 Å². The first-order valence-corrected chi connectivity index (χ1v) is 8.99. The first kappa shape index (κ1) is 19.7. The Kier molecular flexibility index (Phi) is 6.85. The lowest BCUT2D eigenvalue weighted by Crippen LogP contribution is -2.45. The molecule has 2 amide bonds. The van der Waals surface area contributed by atoms with Gasteiger partial charge in [-0.3, -0.25) is 9.59 Å². The number of rotatable bonds is 5. The minimum absolute atomic E-state index is 0. The Hall–Kier alpha value is -1.59. The second-order valence-electron chi connectivity index (χ2n) is 7.18. The van der Waals surface area contributed by atoms with E-state index in [2.05, 4.69) is 5.32 Å². The van der Waals surface area contributed by atoms with E-state index < -0.39 is 6.04 Å². The monoisotopic (exact) mass is 365 g/mol. The molecule has 1 aliphatic carbocycles. The Bertz CT molecular complexity index is 588. The molecule has 5 nitrogen and oxygen atoms in total. The smallest absolute Gasteiger partial charge is 0.249 e. The average molecular weight is 366 g/mol. The zero-order valence-electron chi connectivity index (χ0n) is 14.6. The van der Waals surface area contributed by atoms with Crippen LogP contribution in [0.25, 0.3) is 0 Å². The number of hydrogen-bond donors (Lipinski definition) is 2. The molecule has 3 rings (SSSR count). The fourth-order valence-corrected chi connectivity index (χ4v) is 4.02. The number of carbonyl (C=O) groups is 2. The van der Waals surface area contributed by atoms with Gasteiger partial charge >= 0.3 is 0 Å². The fraction of sp³-hybridized carbons (Fsp3) is 0.579. The lowest BCUT2D eigenvalue weighted by molar-refractivity contribution is -0.128. The molecule has 1 saturated heterocycles. The first-order valence-electron chi connectivity index (χ1n) is 8.99. The van der Waals surface area contributed by atoms with Gasteiger partial charge in [0.15, 0.2) is 0 Å². The molecule has 0 bridgehead atoms. The Morgan fingerprint density at radius 3 is 2.52 bits per heavy atom. The summed E-state index contributed by atoms with van der Waals surface area (Å²) in [5.41, 5.74) is 6.79. The third-order valence-corrected chi connectivity index (χ3v) is 5.49. The van der Waals surface area contributed by atoms with E-state index in [4.69, 9.17) is 5.73 Å². The number of nitrogens with one attached hydrogen (secondary N) is 1. The van der Waals surface area contributed by atoms with Gasteiger partial charge in [-0.25, -0.2) is 0 Å². The van der Waals surface area contributed by atoms with Gasteiger partial charge in [-0.1, -0.05) is 37.5 Å². The predicted molar refractivity (Wildman–Crippen MR) is 102 cm³/mol. The molecule has 3 N–H and O–H groups in total. The van der Waals surface area contributed by atoms with E-state index in [0.717, 1.165) is 31.4 Å². The highest BCUT2D eigenvalue weighted by Crippen LogP contribution is 2.38. The molecule has 1 aromatic carbocycles. The number of anilines is 1. The van der Waals surface area contributed by atoms with E-state index in [1.807, 2.05) is 30.3 Å². The van der Waals surface area contributed by atoms with Crippen molar-refractivity contribution in [3.8, 4) is 0 Å². The molecular formula is C19H28ClN3O2. The van der Waals surface area contributed by atoms with Crippen molar-refractivity contribution in [2.45, 2.75) is 51.0 Å². The highest BCUT2D eigenvalue weighted by molar-refractivity contribution is 6.01. The minimum atomic E-state index is -0.406. The summed E-state index contributed by atoms with van der Waals surface area (Å²) in [7, 11) is 0. The third-order valence-electron chi connectivity index (χ3n) is 5.49. The maximum Gasteiger partial charge on any atom is 0.249 e. The molecule has 1 atom stereocenters. The molecule has 1 aliphatic heterocycles. The molecule has 1 saturated carbocycles. The van der Waals surface area contributed by atoms with E-state index in [9.17, 15) is 9.59 Å². The predicted octanol–water partition coefficient (Wildman–Crippen LogP) is 2.63. The first-order chi connectivity index (χ1) is 11.6. The maximum absolute atomic E-state index is 12.6. The van der Waals surface area contributed by atoms with Gasteiger partial charge in [0.05, 0.1) is 0 Å². The Morgan fingerprint density at radius 2 is 1.88 bits per heavy atom. The number of carbonyl (C=O) groups excluding carboxylic acids is 2. The number of nitrogens with two attached hydrogens (primary N) is 1. The molecule has 0 radical (unpaired) electrons. The van der Waals surface area contributed by atoms with Crippen LogP contribution in [0.5, 0.6) is 0 Å². The van der Waals surface area contributed by atoms with Crippen molar-refractivity contribution in [3.63, 3.8) is 0 Å². The van der Waals surface area contributed by atoms with Gasteiger partial charge in [0, 0.05) is 18.7 Å². The summed E-state index contributed by atoms with van der Waals surface area (Å²) in [5, 5.41) is 2.95. The van der Waals surface area contributed by atoms with E-state index in [1.54, 1.807) is 4.90 Å². The van der Waals surface area contributed by atoms with Crippen LogP contribution in [0.1, 0.15) is 44.9 Å². The van der Waals surface area contributed by atoms with Crippen LogP contribution in [-0.4, -0.2) is 30.9 Å². The van der Waals surface area contributed by atoms with Crippen LogP contribution in [0.4, 0.5) is 5.69 Å². The van der Waals surface area contributed by atoms with Crippen molar-refractivity contribution in [3.05, 3.63) is 30.3 Å². The molecule has 1 unspecified atom stereocenters. The van der Waals surface area contributed by atoms with Crippen LogP contribution in [0.3, 0.4) is 0 Å². The van der Waals surface area contributed by atoms with Gasteiger partial charge in [-0.2, -0.15) is 0 Å². The number of benzene rings is 1. The lowest BCUT2D eigenvalue weighted by Gasteiger charge is -2.35. The Morgan fingerprint density at radius 1 is 1.20 bits per heavy atom. The molecule has 1 heterocycles. The maximum atomic E-state index is 12.6. The van der Waals surface area contributed by atoms with Crippen molar-refractivity contribution in [1.82, 2.24) is 5.32 Å². The van der Waals surface area contributed by atoms with Crippen molar-refractivity contribution in [2.75, 3.05) is 18.0 Å². The van der Waals surface area contributed by atoms with E-state index >= 15 is 0 Å². The molecule has 2 aliphatic rings. The van der Waals surface area contributed by atoms with Crippen molar-refractivity contribution in [1.29, 1.82) is 0 Å². The molecule has 25 heavy (non-hydrogen) atoms. The van der Waals surface area contributed by atoms with Crippen LogP contribution >= 0.6 is 12.4 Å². The summed E-state index contributed by atoms with van der Waals surface area (Å²) in [5.74, 6) is -0.0457. The molecule has 0 spiro atoms. The van der Waals surface area contributed by atoms with Crippen LogP contribution in [0.2, 0.25) is 0 Å². The summed E-state index contributed by atoms with van der Waals surface area (Å²) in [6, 6.07) is 9.21. The van der Waals surface area contributed by atoms with Gasteiger partial charge in [-0.15, -0.1) is 12.4 Å². The highest BCUT2D eigenvalue weighted by Gasteiger charge is 2.37. The molecular weight excluding hydrogens is 338 g/mol. The SMILES string of the molecule is Cl.NCC1(CC(=O)NC2CCN(c3ccccc3)C2=O)CCCCC1. The van der Waals surface area contributed by atoms with E-state index in [1.165, 1.54) is 6.42 Å². The van der Waals surface area contributed by atoms with Crippen LogP contribution < -0.4 is 16.0 Å². The number of amides is 2. The summed E-state index contributed by atoms with van der Waals surface area (Å²) < 4.78 is 0. The quantitative estimate of drug-likeness (QED) is 0.842. The molecule has 1 aromatic rings. The standard InChI is InChI=1S/C19H27N3O2.ClH/c20-14-19(10-5-2-6-11-19)13-17(23)21-16-9-12-22(18(16)24)15-7-3-1-4-8-15;/h1,3-4,7-8,16H,2,5-6,9-14,20H2,(H,21,23);1H. The second-order valence-corrected chi connectivity index (χ2v) is 7.18. The Balaban J connectivity index is 0.00000225. The number of para-hydroxylation sites is 1. The van der Waals surface area contributed by atoms with Gasteiger partial charge in [0.2, 0.25) is 11.8 Å². The van der Waals surface area contributed by atoms with E-state index in [0.29, 0.717) is 25.9 Å². The zero-order chi connectivity index (χ0) is 17.0. The minimum Gasteiger partial charge on any atom is -0.344 e. The summed E-state index contributed by atoms with van der Waals surface area (Å²) in [4.78, 5) is 26.8. The number of nitrogens with zero attached hydrogens (tertiary/aromatic N) is 1. The highest BCUT2D eigenvalue weighted by atomic mass is 35.5. The van der Waals surface area contributed by atoms with Crippen LogP contribution in [0, 0.1) is 5.41 Å². The van der Waals surface area contributed by atoms with Crippen LogP contribution in [-0.2, 0) is 9.59 Å². The van der Waals surface area contributed by atoms with Gasteiger partial charge in [0.25, 0.3) is 0 Å². The topological polar surface area (TPSA) is 75.4 Å². The van der Waals surface area contributed by atoms with E-state index in [-0.39, 0.29) is 29.6 Å². The fourth-order valence-electron chi connectivity index (χ4n) is 4.02. The number of halogens is 1. The van der Waals surface area contributed by atoms with Crippen molar-refractivity contribution in [2.24, 2.45) is 11.1 Å². The summed E-state index contributed by atoms with van der Waals surface area (Å²) in [6.07, 6.45) is 6.67. The molecule has 2 fully saturated rings. The Labute approximate surface area is 155 Å². The average Bonchev–Trinajstić information content (AvgIpc) is 2.97. The second kappa shape index (κ2) is 8.68. The summed E-state index contributed by atoms with van der Waals surface area (Å²) in [6.45, 7) is 1.20.